The highest BCUT2D eigenvalue weighted by atomic mass is 19.4. The number of carbonyl (C=O) groups excluding carboxylic acids is 1. The predicted octanol–water partition coefficient (Wildman–Crippen LogP) is 2.60. The molecule has 1 aliphatic heterocycles. The lowest BCUT2D eigenvalue weighted by atomic mass is 10.1. The summed E-state index contributed by atoms with van der Waals surface area (Å²) >= 11 is 0. The number of fused-ring (bicyclic) bond motifs is 1. The number of para-hydroxylation sites is 1. The maximum Gasteiger partial charge on any atom is 0.435 e. The summed E-state index contributed by atoms with van der Waals surface area (Å²) in [7, 11) is 0. The van der Waals surface area contributed by atoms with Gasteiger partial charge in [-0.2, -0.15) is 18.3 Å². The topological polar surface area (TPSA) is 57.2 Å². The van der Waals surface area contributed by atoms with Crippen LogP contribution in [0, 0.1) is 0 Å². The van der Waals surface area contributed by atoms with E-state index in [0.717, 1.165) is 10.9 Å². The molecule has 1 aromatic carbocycles. The first kappa shape index (κ1) is 12.5. The third-order valence-corrected chi connectivity index (χ3v) is 2.96. The van der Waals surface area contributed by atoms with Crippen LogP contribution in [0.2, 0.25) is 0 Å². The van der Waals surface area contributed by atoms with Gasteiger partial charge in [-0.1, -0.05) is 18.2 Å². The van der Waals surface area contributed by atoms with Crippen molar-refractivity contribution < 1.29 is 18.0 Å². The van der Waals surface area contributed by atoms with Crippen LogP contribution in [0.15, 0.2) is 41.1 Å². The van der Waals surface area contributed by atoms with Crippen molar-refractivity contribution in [3.05, 3.63) is 41.6 Å². The fourth-order valence-corrected chi connectivity index (χ4v) is 2.05. The highest BCUT2D eigenvalue weighted by Gasteiger charge is 2.43. The lowest BCUT2D eigenvalue weighted by molar-refractivity contribution is -0.116. The molecule has 0 saturated carbocycles. The third kappa shape index (κ3) is 1.97. The zero-order valence-electron chi connectivity index (χ0n) is 9.95. The fourth-order valence-electron chi connectivity index (χ4n) is 2.05. The summed E-state index contributed by atoms with van der Waals surface area (Å²) in [5, 5.41) is 3.78. The predicted molar refractivity (Wildman–Crippen MR) is 67.9 cm³/mol. The summed E-state index contributed by atoms with van der Waals surface area (Å²) < 4.78 is 38.3. The van der Waals surface area contributed by atoms with E-state index in [1.807, 2.05) is 5.43 Å². The van der Waals surface area contributed by atoms with Gasteiger partial charge in [0, 0.05) is 22.7 Å². The van der Waals surface area contributed by atoms with Gasteiger partial charge in [-0.15, -0.1) is 0 Å². The molecule has 0 bridgehead atoms. The quantitative estimate of drug-likeness (QED) is 0.774. The molecule has 1 amide bonds. The minimum atomic E-state index is -4.67. The summed E-state index contributed by atoms with van der Waals surface area (Å²) in [5.41, 5.74) is 1.44. The van der Waals surface area contributed by atoms with Gasteiger partial charge < -0.3 is 4.98 Å². The normalized spacial score (nSPS) is 17.6. The van der Waals surface area contributed by atoms with E-state index in [4.69, 9.17) is 0 Å². The van der Waals surface area contributed by atoms with Crippen LogP contribution in [0.5, 0.6) is 0 Å². The number of rotatable bonds is 1. The molecule has 0 radical (unpaired) electrons. The van der Waals surface area contributed by atoms with Crippen LogP contribution >= 0.6 is 0 Å². The van der Waals surface area contributed by atoms with Crippen molar-refractivity contribution in [1.82, 2.24) is 10.4 Å². The Balaban J connectivity index is 2.11. The van der Waals surface area contributed by atoms with Crippen molar-refractivity contribution >= 4 is 28.6 Å². The molecule has 2 heterocycles. The van der Waals surface area contributed by atoms with E-state index >= 15 is 0 Å². The highest BCUT2D eigenvalue weighted by molar-refractivity contribution is 6.29. The summed E-state index contributed by atoms with van der Waals surface area (Å²) in [6, 6.07) is 7.13. The maximum atomic E-state index is 12.8. The molecule has 3 rings (SSSR count). The number of hydrogen-bond acceptors (Lipinski definition) is 2. The second kappa shape index (κ2) is 4.22. The number of aromatic nitrogens is 1. The fraction of sp³-hybridized carbons (Fsp3) is 0.0769. The van der Waals surface area contributed by atoms with Crippen LogP contribution in [0.1, 0.15) is 5.56 Å². The van der Waals surface area contributed by atoms with Crippen LogP contribution < -0.4 is 5.43 Å². The van der Waals surface area contributed by atoms with E-state index in [-0.39, 0.29) is 0 Å². The Labute approximate surface area is 111 Å². The first-order valence-electron chi connectivity index (χ1n) is 5.70. The average molecular weight is 279 g/mol. The number of alkyl halides is 3. The molecule has 0 saturated heterocycles. The highest BCUT2D eigenvalue weighted by Crippen LogP contribution is 2.28. The molecule has 2 N–H and O–H groups in total. The van der Waals surface area contributed by atoms with Gasteiger partial charge >= 0.3 is 6.18 Å². The molecule has 0 spiro atoms. The van der Waals surface area contributed by atoms with Gasteiger partial charge in [-0.3, -0.25) is 4.79 Å². The number of aromatic amines is 1. The van der Waals surface area contributed by atoms with E-state index in [1.54, 1.807) is 30.5 Å². The maximum absolute atomic E-state index is 12.8. The zero-order valence-corrected chi connectivity index (χ0v) is 9.95. The van der Waals surface area contributed by atoms with Crippen LogP contribution in [0.3, 0.4) is 0 Å². The van der Waals surface area contributed by atoms with Gasteiger partial charge in [0.25, 0.3) is 5.91 Å². The molecule has 7 heteroatoms. The lowest BCUT2D eigenvalue weighted by Crippen LogP contribution is -2.24. The van der Waals surface area contributed by atoms with E-state index in [2.05, 4.69) is 10.1 Å². The lowest BCUT2D eigenvalue weighted by Gasteiger charge is -2.05. The van der Waals surface area contributed by atoms with E-state index in [9.17, 15) is 18.0 Å². The summed E-state index contributed by atoms with van der Waals surface area (Å²) in [5.74, 6) is -0.859. The molecular weight excluding hydrogens is 271 g/mol. The molecule has 1 aliphatic rings. The molecule has 20 heavy (non-hydrogen) atoms. The smallest absolute Gasteiger partial charge is 0.361 e. The largest absolute Gasteiger partial charge is 0.435 e. The molecule has 0 fully saturated rings. The van der Waals surface area contributed by atoms with Gasteiger partial charge in [0.1, 0.15) is 0 Å². The van der Waals surface area contributed by atoms with Crippen molar-refractivity contribution in [3.63, 3.8) is 0 Å². The number of nitrogens with zero attached hydrogens (tertiary/aromatic N) is 1. The van der Waals surface area contributed by atoms with Crippen LogP contribution in [0.25, 0.3) is 17.0 Å². The Kier molecular flexibility index (Phi) is 2.63. The molecule has 0 aliphatic carbocycles. The molecule has 1 aromatic heterocycles. The summed E-state index contributed by atoms with van der Waals surface area (Å²) in [6.07, 6.45) is -1.93. The molecular formula is C13H8F3N3O. The van der Waals surface area contributed by atoms with E-state index in [0.29, 0.717) is 5.56 Å². The molecule has 2 aromatic rings. The Hall–Kier alpha value is -2.57. The van der Waals surface area contributed by atoms with Crippen LogP contribution in [0.4, 0.5) is 13.2 Å². The molecule has 4 nitrogen and oxygen atoms in total. The Morgan fingerprint density at radius 2 is 1.95 bits per heavy atom. The van der Waals surface area contributed by atoms with Crippen molar-refractivity contribution in [2.45, 2.75) is 6.18 Å². The first-order chi connectivity index (χ1) is 9.47. The van der Waals surface area contributed by atoms with Crippen LogP contribution in [-0.4, -0.2) is 22.8 Å². The Bertz CT molecular complexity index is 756. The molecule has 0 unspecified atom stereocenters. The number of hydrazone groups is 1. The van der Waals surface area contributed by atoms with Crippen molar-refractivity contribution in [3.8, 4) is 0 Å². The van der Waals surface area contributed by atoms with Gasteiger partial charge in [0.05, 0.1) is 5.57 Å². The van der Waals surface area contributed by atoms with Gasteiger partial charge in [0.2, 0.25) is 0 Å². The zero-order chi connectivity index (χ0) is 14.3. The van der Waals surface area contributed by atoms with Crippen molar-refractivity contribution in [2.75, 3.05) is 0 Å². The van der Waals surface area contributed by atoms with Gasteiger partial charge in [-0.25, -0.2) is 5.43 Å². The van der Waals surface area contributed by atoms with Crippen LogP contribution in [-0.2, 0) is 4.79 Å². The number of carbonyl (C=O) groups is 1. The minimum Gasteiger partial charge on any atom is -0.361 e. The second-order valence-corrected chi connectivity index (χ2v) is 4.25. The molecule has 102 valence electrons. The second-order valence-electron chi connectivity index (χ2n) is 4.25. The summed E-state index contributed by atoms with van der Waals surface area (Å²) in [6.45, 7) is 0. The Morgan fingerprint density at radius 3 is 2.70 bits per heavy atom. The first-order valence-corrected chi connectivity index (χ1v) is 5.70. The SMILES string of the molecule is O=C1NN=C(C(F)(F)F)C1=Cc1c[nH]c2ccccc12. The standard InChI is InChI=1S/C13H8F3N3O/c14-13(15,16)11-9(12(20)19-18-11)5-7-6-17-10-4-2-1-3-8(7)10/h1-6,17H,(H,19,20). The van der Waals surface area contributed by atoms with Gasteiger partial charge in [0.15, 0.2) is 5.71 Å². The monoisotopic (exact) mass is 279 g/mol. The summed E-state index contributed by atoms with van der Waals surface area (Å²) in [4.78, 5) is 14.4. The Morgan fingerprint density at radius 1 is 1.20 bits per heavy atom. The van der Waals surface area contributed by atoms with E-state index < -0.39 is 23.4 Å². The van der Waals surface area contributed by atoms with Crippen molar-refractivity contribution in [2.24, 2.45) is 5.10 Å². The average Bonchev–Trinajstić information content (AvgIpc) is 2.95. The number of hydrogen-bond donors (Lipinski definition) is 2. The van der Waals surface area contributed by atoms with E-state index in [1.165, 1.54) is 6.08 Å². The number of benzene rings is 1. The number of amides is 1. The molecule has 0 atom stereocenters. The minimum absolute atomic E-state index is 0.484. The van der Waals surface area contributed by atoms with Crippen molar-refractivity contribution in [1.29, 1.82) is 0 Å². The number of halogens is 3. The third-order valence-electron chi connectivity index (χ3n) is 2.96. The number of nitrogens with one attached hydrogen (secondary N) is 2. The number of H-pyrrole nitrogens is 1. The van der Waals surface area contributed by atoms with Gasteiger partial charge in [-0.05, 0) is 12.1 Å².